The molecule has 4 N–H and O–H groups in total. The van der Waals surface area contributed by atoms with Crippen LogP contribution in [0.5, 0.6) is 0 Å². The second-order valence-corrected chi connectivity index (χ2v) is 5.38. The zero-order chi connectivity index (χ0) is 12.3. The molecule has 2 heteroatoms. The number of hydrogen-bond donors (Lipinski definition) is 2. The van der Waals surface area contributed by atoms with Crippen molar-refractivity contribution >= 4 is 11.4 Å². The summed E-state index contributed by atoms with van der Waals surface area (Å²) in [4.78, 5) is 0. The van der Waals surface area contributed by atoms with E-state index in [2.05, 4.69) is 30.3 Å². The summed E-state index contributed by atoms with van der Waals surface area (Å²) >= 11 is 0. The fraction of sp³-hybridized carbons (Fsp3) is 0.250. The molecule has 0 spiro atoms. The number of nitrogens with two attached hydrogens (primary N) is 2. The molecule has 0 aromatic heterocycles. The summed E-state index contributed by atoms with van der Waals surface area (Å²) < 4.78 is 0. The standard InChI is InChI=1S/C16H16N2/c17-14-8-7-13-11-5-6-12(15(13)16(14)18)10-4-2-1-3-9(10)11/h1-4,7-8,11-12H,5-6,17-18H2/t11?,12-/m1/s1. The zero-order valence-corrected chi connectivity index (χ0v) is 10.2. The first-order valence-electron chi connectivity index (χ1n) is 6.54. The third-order valence-electron chi connectivity index (χ3n) is 4.57. The van der Waals surface area contributed by atoms with Gasteiger partial charge in [0.05, 0.1) is 11.4 Å². The molecule has 3 aliphatic carbocycles. The van der Waals surface area contributed by atoms with Gasteiger partial charge >= 0.3 is 0 Å². The van der Waals surface area contributed by atoms with Crippen LogP contribution in [0.3, 0.4) is 0 Å². The minimum Gasteiger partial charge on any atom is -0.397 e. The quantitative estimate of drug-likeness (QED) is 0.690. The van der Waals surface area contributed by atoms with Gasteiger partial charge in [-0.2, -0.15) is 0 Å². The van der Waals surface area contributed by atoms with Crippen LogP contribution in [0.4, 0.5) is 11.4 Å². The van der Waals surface area contributed by atoms with E-state index in [4.69, 9.17) is 11.5 Å². The largest absolute Gasteiger partial charge is 0.397 e. The smallest absolute Gasteiger partial charge is 0.0589 e. The third kappa shape index (κ3) is 1.08. The molecule has 1 unspecified atom stereocenters. The van der Waals surface area contributed by atoms with Gasteiger partial charge in [0.25, 0.3) is 0 Å². The van der Waals surface area contributed by atoms with Crippen molar-refractivity contribution in [3.8, 4) is 0 Å². The predicted molar refractivity (Wildman–Crippen MR) is 74.6 cm³/mol. The second-order valence-electron chi connectivity index (χ2n) is 5.38. The van der Waals surface area contributed by atoms with E-state index in [0.29, 0.717) is 11.8 Å². The van der Waals surface area contributed by atoms with Gasteiger partial charge < -0.3 is 11.5 Å². The maximum absolute atomic E-state index is 6.22. The highest BCUT2D eigenvalue weighted by molar-refractivity contribution is 5.74. The number of nitrogen functional groups attached to an aromatic ring is 2. The van der Waals surface area contributed by atoms with Gasteiger partial charge in [-0.05, 0) is 41.2 Å². The highest BCUT2D eigenvalue weighted by Crippen LogP contribution is 2.54. The first kappa shape index (κ1) is 10.0. The molecule has 2 aromatic carbocycles. The Balaban J connectivity index is 2.04. The molecule has 2 atom stereocenters. The van der Waals surface area contributed by atoms with Crippen LogP contribution in [-0.2, 0) is 0 Å². The molecule has 0 fully saturated rings. The number of rotatable bonds is 0. The van der Waals surface area contributed by atoms with Crippen molar-refractivity contribution in [2.75, 3.05) is 11.5 Å². The topological polar surface area (TPSA) is 52.0 Å². The summed E-state index contributed by atoms with van der Waals surface area (Å²) in [5.41, 5.74) is 19.4. The summed E-state index contributed by atoms with van der Waals surface area (Å²) in [5.74, 6) is 0.966. The molecule has 90 valence electrons. The molecule has 0 radical (unpaired) electrons. The number of anilines is 2. The van der Waals surface area contributed by atoms with Gasteiger partial charge in [0.2, 0.25) is 0 Å². The first-order chi connectivity index (χ1) is 8.77. The maximum Gasteiger partial charge on any atom is 0.0589 e. The van der Waals surface area contributed by atoms with Gasteiger partial charge in [-0.1, -0.05) is 30.3 Å². The molecular weight excluding hydrogens is 220 g/mol. The van der Waals surface area contributed by atoms with Crippen molar-refractivity contribution in [3.05, 3.63) is 58.7 Å². The van der Waals surface area contributed by atoms with E-state index in [1.54, 1.807) is 0 Å². The van der Waals surface area contributed by atoms with Crippen LogP contribution < -0.4 is 11.5 Å². The molecular formula is C16H16N2. The summed E-state index contributed by atoms with van der Waals surface area (Å²) in [6.45, 7) is 0. The molecule has 2 aromatic rings. The lowest BCUT2D eigenvalue weighted by Crippen LogP contribution is -2.26. The van der Waals surface area contributed by atoms with Gasteiger partial charge in [0.1, 0.15) is 0 Å². The monoisotopic (exact) mass is 236 g/mol. The van der Waals surface area contributed by atoms with E-state index >= 15 is 0 Å². The van der Waals surface area contributed by atoms with Crippen molar-refractivity contribution in [1.82, 2.24) is 0 Å². The number of fused-ring (bicyclic) bond motifs is 1. The number of benzene rings is 2. The normalized spacial score (nSPS) is 23.6. The van der Waals surface area contributed by atoms with Crippen LogP contribution in [0.2, 0.25) is 0 Å². The summed E-state index contributed by atoms with van der Waals surface area (Å²) in [7, 11) is 0. The van der Waals surface area contributed by atoms with E-state index in [1.807, 2.05) is 6.07 Å². The van der Waals surface area contributed by atoms with Gasteiger partial charge in [0, 0.05) is 11.8 Å². The van der Waals surface area contributed by atoms with Crippen molar-refractivity contribution < 1.29 is 0 Å². The van der Waals surface area contributed by atoms with E-state index in [1.165, 1.54) is 35.1 Å². The summed E-state index contributed by atoms with van der Waals surface area (Å²) in [5, 5.41) is 0. The van der Waals surface area contributed by atoms with E-state index < -0.39 is 0 Å². The Morgan fingerprint density at radius 1 is 0.778 bits per heavy atom. The average Bonchev–Trinajstić information content (AvgIpc) is 2.43. The van der Waals surface area contributed by atoms with Crippen LogP contribution in [0.25, 0.3) is 0 Å². The molecule has 0 heterocycles. The van der Waals surface area contributed by atoms with Gasteiger partial charge in [-0.25, -0.2) is 0 Å². The van der Waals surface area contributed by atoms with Gasteiger partial charge in [-0.3, -0.25) is 0 Å². The van der Waals surface area contributed by atoms with Crippen LogP contribution in [0.15, 0.2) is 36.4 Å². The Morgan fingerprint density at radius 3 is 2.22 bits per heavy atom. The van der Waals surface area contributed by atoms with Crippen LogP contribution in [-0.4, -0.2) is 0 Å². The predicted octanol–water partition coefficient (Wildman–Crippen LogP) is 3.22. The van der Waals surface area contributed by atoms with Crippen LogP contribution in [0.1, 0.15) is 46.9 Å². The molecule has 0 amide bonds. The average molecular weight is 236 g/mol. The van der Waals surface area contributed by atoms with Crippen molar-refractivity contribution in [1.29, 1.82) is 0 Å². The van der Waals surface area contributed by atoms with Crippen LogP contribution in [0, 0.1) is 0 Å². The molecule has 5 rings (SSSR count). The SMILES string of the molecule is Nc1ccc2c(c1N)[C@@H]1CCC2c2ccccc21. The lowest BCUT2D eigenvalue weighted by molar-refractivity contribution is 0.521. The molecule has 18 heavy (non-hydrogen) atoms. The fourth-order valence-corrected chi connectivity index (χ4v) is 3.78. The molecule has 0 saturated carbocycles. The first-order valence-corrected chi connectivity index (χ1v) is 6.54. The van der Waals surface area contributed by atoms with Crippen molar-refractivity contribution in [2.24, 2.45) is 0 Å². The lowest BCUT2D eigenvalue weighted by Gasteiger charge is -2.41. The minimum atomic E-state index is 0.449. The Morgan fingerprint density at radius 2 is 1.44 bits per heavy atom. The highest BCUT2D eigenvalue weighted by Gasteiger charge is 2.38. The molecule has 0 aliphatic heterocycles. The Kier molecular flexibility index (Phi) is 1.83. The lowest BCUT2D eigenvalue weighted by atomic mass is 9.63. The maximum atomic E-state index is 6.22. The minimum absolute atomic E-state index is 0.449. The second kappa shape index (κ2) is 3.29. The van der Waals surface area contributed by atoms with Gasteiger partial charge in [-0.15, -0.1) is 0 Å². The molecule has 3 aliphatic rings. The Bertz CT molecular complexity index is 646. The zero-order valence-electron chi connectivity index (χ0n) is 10.2. The highest BCUT2D eigenvalue weighted by atomic mass is 14.7. The van der Waals surface area contributed by atoms with Crippen molar-refractivity contribution in [3.63, 3.8) is 0 Å². The van der Waals surface area contributed by atoms with E-state index in [9.17, 15) is 0 Å². The Labute approximate surface area is 107 Å². The van der Waals surface area contributed by atoms with Gasteiger partial charge in [0.15, 0.2) is 0 Å². The summed E-state index contributed by atoms with van der Waals surface area (Å²) in [6, 6.07) is 12.9. The van der Waals surface area contributed by atoms with E-state index in [0.717, 1.165) is 11.4 Å². The molecule has 2 bridgehead atoms. The Hall–Kier alpha value is -1.96. The number of hydrogen-bond acceptors (Lipinski definition) is 2. The van der Waals surface area contributed by atoms with Crippen LogP contribution >= 0.6 is 0 Å². The molecule has 0 saturated heterocycles. The third-order valence-corrected chi connectivity index (χ3v) is 4.57. The molecule has 2 nitrogen and oxygen atoms in total. The van der Waals surface area contributed by atoms with Crippen molar-refractivity contribution in [2.45, 2.75) is 24.7 Å². The van der Waals surface area contributed by atoms with E-state index in [-0.39, 0.29) is 0 Å². The fourth-order valence-electron chi connectivity index (χ4n) is 3.78. The summed E-state index contributed by atoms with van der Waals surface area (Å²) in [6.07, 6.45) is 2.43.